The van der Waals surface area contributed by atoms with Crippen LogP contribution in [-0.2, 0) is 23.6 Å². The van der Waals surface area contributed by atoms with Gasteiger partial charge in [-0.2, -0.15) is 17.5 Å². The fourth-order valence-electron chi connectivity index (χ4n) is 3.16. The molecule has 160 valence electrons. The summed E-state index contributed by atoms with van der Waals surface area (Å²) in [7, 11) is 0.174. The molecule has 1 aliphatic heterocycles. The maximum Gasteiger partial charge on any atom is 0.511 e. The molecule has 0 atom stereocenters. The molecule has 28 heavy (non-hydrogen) atoms. The van der Waals surface area contributed by atoms with E-state index in [1.165, 1.54) is 0 Å². The number of aromatic nitrogens is 1. The van der Waals surface area contributed by atoms with E-state index in [1.807, 2.05) is 35.8 Å². The lowest BCUT2D eigenvalue weighted by molar-refractivity contribution is -0.0496. The van der Waals surface area contributed by atoms with Crippen LogP contribution in [0.25, 0.3) is 0 Å². The summed E-state index contributed by atoms with van der Waals surface area (Å²) >= 11 is 5.99. The predicted octanol–water partition coefficient (Wildman–Crippen LogP) is 2.25. The highest BCUT2D eigenvalue weighted by Crippen LogP contribution is 2.30. The lowest BCUT2D eigenvalue weighted by Crippen LogP contribution is -2.47. The average molecular weight is 444 g/mol. The molecular formula is C16H25ClF3N5O2S. The van der Waals surface area contributed by atoms with Gasteiger partial charge in [0.1, 0.15) is 0 Å². The van der Waals surface area contributed by atoms with E-state index in [1.54, 1.807) is 7.05 Å². The van der Waals surface area contributed by atoms with Crippen molar-refractivity contribution in [2.75, 3.05) is 33.7 Å². The summed E-state index contributed by atoms with van der Waals surface area (Å²) in [5, 5.41) is 3.86. The van der Waals surface area contributed by atoms with E-state index in [9.17, 15) is 21.6 Å². The quantitative estimate of drug-likeness (QED) is 0.559. The summed E-state index contributed by atoms with van der Waals surface area (Å²) in [5.41, 5.74) is -4.25. The fourth-order valence-corrected chi connectivity index (χ4v) is 4.42. The Hall–Kier alpha value is -1.46. The molecule has 2 heterocycles. The molecule has 1 N–H and O–H groups in total. The Labute approximate surface area is 168 Å². The molecule has 1 aromatic heterocycles. The number of piperidine rings is 1. The van der Waals surface area contributed by atoms with E-state index in [2.05, 4.69) is 10.3 Å². The van der Waals surface area contributed by atoms with Crippen molar-refractivity contribution >= 4 is 27.6 Å². The monoisotopic (exact) mass is 443 g/mol. The molecule has 0 amide bonds. The number of sulfonamides is 1. The highest BCUT2D eigenvalue weighted by Gasteiger charge is 2.50. The first kappa shape index (κ1) is 22.8. The predicted molar refractivity (Wildman–Crippen MR) is 103 cm³/mol. The first-order valence-electron chi connectivity index (χ1n) is 8.74. The Balaban J connectivity index is 1.85. The van der Waals surface area contributed by atoms with Gasteiger partial charge in [0.15, 0.2) is 5.96 Å². The smallest absolute Gasteiger partial charge is 0.356 e. The molecule has 0 unspecified atom stereocenters. The van der Waals surface area contributed by atoms with Gasteiger partial charge in [-0.25, -0.2) is 8.42 Å². The number of hydrogen-bond acceptors (Lipinski definition) is 3. The lowest BCUT2D eigenvalue weighted by Gasteiger charge is -2.32. The summed E-state index contributed by atoms with van der Waals surface area (Å²) in [6, 6.07) is 1.86. The normalized spacial score (nSPS) is 17.8. The maximum absolute atomic E-state index is 12.6. The number of hydrogen-bond donors (Lipinski definition) is 1. The van der Waals surface area contributed by atoms with Gasteiger partial charge in [0.25, 0.3) is 0 Å². The molecule has 1 aliphatic rings. The van der Waals surface area contributed by atoms with Crippen LogP contribution < -0.4 is 5.32 Å². The average Bonchev–Trinajstić information content (AvgIpc) is 2.92. The van der Waals surface area contributed by atoms with Crippen LogP contribution in [0.1, 0.15) is 18.5 Å². The van der Waals surface area contributed by atoms with Crippen LogP contribution in [0.4, 0.5) is 13.2 Å². The van der Waals surface area contributed by atoms with Crippen LogP contribution >= 0.6 is 11.6 Å². The van der Waals surface area contributed by atoms with Crippen LogP contribution in [0.3, 0.4) is 0 Å². The molecule has 1 aromatic rings. The molecule has 7 nitrogen and oxygen atoms in total. The minimum Gasteiger partial charge on any atom is -0.356 e. The molecule has 0 spiro atoms. The molecule has 1 saturated heterocycles. The summed E-state index contributed by atoms with van der Waals surface area (Å²) in [6.07, 6.45) is 2.52. The van der Waals surface area contributed by atoms with Crippen molar-refractivity contribution in [1.29, 1.82) is 0 Å². The standard InChI is InChI=1S/C16H25ClF3N5O2S/c1-21-15(24(3)11-14-8-13(17)10-23(14)2)22-9-12-4-6-25(7-5-12)28(26,27)16(18,19)20/h8,10,12H,4-7,9,11H2,1-3H3,(H,21,22). The van der Waals surface area contributed by atoms with Crippen molar-refractivity contribution < 1.29 is 21.6 Å². The van der Waals surface area contributed by atoms with E-state index in [4.69, 9.17) is 11.6 Å². The van der Waals surface area contributed by atoms with E-state index < -0.39 is 15.5 Å². The zero-order valence-electron chi connectivity index (χ0n) is 16.0. The first-order valence-corrected chi connectivity index (χ1v) is 10.6. The third kappa shape index (κ3) is 5.32. The van der Waals surface area contributed by atoms with Gasteiger partial charge in [-0.05, 0) is 24.8 Å². The van der Waals surface area contributed by atoms with Crippen molar-refractivity contribution in [1.82, 2.24) is 19.1 Å². The van der Waals surface area contributed by atoms with Crippen LogP contribution in [0, 0.1) is 5.92 Å². The van der Waals surface area contributed by atoms with Gasteiger partial charge in [-0.1, -0.05) is 11.6 Å². The first-order chi connectivity index (χ1) is 13.0. The van der Waals surface area contributed by atoms with Gasteiger partial charge in [-0.3, -0.25) is 4.99 Å². The molecule has 0 aromatic carbocycles. The molecule has 2 rings (SSSR count). The number of aryl methyl sites for hydroxylation is 1. The van der Waals surface area contributed by atoms with Crippen LogP contribution in [0.5, 0.6) is 0 Å². The summed E-state index contributed by atoms with van der Waals surface area (Å²) in [5.74, 6) is 0.706. The van der Waals surface area contributed by atoms with Crippen molar-refractivity contribution in [3.8, 4) is 0 Å². The fraction of sp³-hybridized carbons (Fsp3) is 0.688. The molecule has 0 aliphatic carbocycles. The minimum absolute atomic E-state index is 0.0642. The topological polar surface area (TPSA) is 69.9 Å². The van der Waals surface area contributed by atoms with E-state index in [-0.39, 0.29) is 19.0 Å². The number of halogens is 4. The Morgan fingerprint density at radius 3 is 2.46 bits per heavy atom. The van der Waals surface area contributed by atoms with Crippen molar-refractivity contribution in [3.05, 3.63) is 23.0 Å². The van der Waals surface area contributed by atoms with Gasteiger partial charge >= 0.3 is 15.5 Å². The highest BCUT2D eigenvalue weighted by molar-refractivity contribution is 7.90. The Morgan fingerprint density at radius 2 is 2.00 bits per heavy atom. The third-order valence-corrected chi connectivity index (χ3v) is 6.64. The highest BCUT2D eigenvalue weighted by atomic mass is 35.5. The van der Waals surface area contributed by atoms with Crippen LogP contribution in [0.2, 0.25) is 5.02 Å². The zero-order valence-corrected chi connectivity index (χ0v) is 17.6. The number of guanidine groups is 1. The zero-order chi connectivity index (χ0) is 21.1. The largest absolute Gasteiger partial charge is 0.511 e. The SMILES string of the molecule is CN=C(NCC1CCN(S(=O)(=O)C(F)(F)F)CC1)N(C)Cc1cc(Cl)cn1C. The van der Waals surface area contributed by atoms with Gasteiger partial charge in [0.05, 0.1) is 11.6 Å². The van der Waals surface area contributed by atoms with E-state index >= 15 is 0 Å². The van der Waals surface area contributed by atoms with Crippen LogP contribution in [-0.4, -0.2) is 67.4 Å². The molecule has 0 radical (unpaired) electrons. The number of nitrogens with one attached hydrogen (secondary N) is 1. The maximum atomic E-state index is 12.6. The second-order valence-corrected chi connectivity index (χ2v) is 9.20. The van der Waals surface area contributed by atoms with Crippen molar-refractivity contribution in [3.63, 3.8) is 0 Å². The van der Waals surface area contributed by atoms with E-state index in [0.717, 1.165) is 5.69 Å². The molecule has 0 saturated carbocycles. The van der Waals surface area contributed by atoms with Gasteiger partial charge in [-0.15, -0.1) is 0 Å². The Bertz CT molecular complexity index is 802. The number of rotatable bonds is 5. The Kier molecular flexibility index (Phi) is 7.27. The lowest BCUT2D eigenvalue weighted by atomic mass is 9.98. The Morgan fingerprint density at radius 1 is 1.39 bits per heavy atom. The van der Waals surface area contributed by atoms with Gasteiger partial charge in [0.2, 0.25) is 0 Å². The third-order valence-electron chi connectivity index (χ3n) is 4.80. The molecule has 12 heteroatoms. The second-order valence-electron chi connectivity index (χ2n) is 6.84. The van der Waals surface area contributed by atoms with Crippen molar-refractivity contribution in [2.45, 2.75) is 24.9 Å². The van der Waals surface area contributed by atoms with Gasteiger partial charge in [0, 0.05) is 52.7 Å². The number of alkyl halides is 3. The second kappa shape index (κ2) is 8.91. The number of aliphatic imine (C=N–C) groups is 1. The minimum atomic E-state index is -5.25. The van der Waals surface area contributed by atoms with Crippen LogP contribution in [0.15, 0.2) is 17.3 Å². The summed E-state index contributed by atoms with van der Waals surface area (Å²) < 4.78 is 63.3. The van der Waals surface area contributed by atoms with Gasteiger partial charge < -0.3 is 14.8 Å². The molecular weight excluding hydrogens is 419 g/mol. The summed E-state index contributed by atoms with van der Waals surface area (Å²) in [6.45, 7) is 0.810. The number of nitrogens with zero attached hydrogens (tertiary/aromatic N) is 4. The molecule has 1 fully saturated rings. The molecule has 0 bridgehead atoms. The van der Waals surface area contributed by atoms with Crippen molar-refractivity contribution in [2.24, 2.45) is 18.0 Å². The summed E-state index contributed by atoms with van der Waals surface area (Å²) in [4.78, 5) is 6.14. The van der Waals surface area contributed by atoms with E-state index in [0.29, 0.717) is 41.2 Å².